The number of unbranched alkanes of at least 4 members (excludes halogenated alkanes) is 6. The molecule has 0 unspecified atom stereocenters. The average molecular weight is 280 g/mol. The summed E-state index contributed by atoms with van der Waals surface area (Å²) in [5, 5.41) is 0. The van der Waals surface area contributed by atoms with E-state index in [-0.39, 0.29) is 12.5 Å². The Bertz CT molecular complexity index is 275. The van der Waals surface area contributed by atoms with Crippen molar-refractivity contribution in [3.8, 4) is 0 Å². The Labute approximate surface area is 112 Å². The van der Waals surface area contributed by atoms with Crippen molar-refractivity contribution in [2.45, 2.75) is 71.6 Å². The van der Waals surface area contributed by atoms with Gasteiger partial charge in [-0.1, -0.05) is 65.2 Å². The molecule has 1 atom stereocenters. The molecule has 4 nitrogen and oxygen atoms in total. The van der Waals surface area contributed by atoms with Gasteiger partial charge in [0.25, 0.3) is 0 Å². The zero-order valence-electron chi connectivity index (χ0n) is 11.7. The molecule has 0 amide bonds. The van der Waals surface area contributed by atoms with Gasteiger partial charge in [0, 0.05) is 0 Å². The fraction of sp³-hybridized carbons (Fsp3) is 1.00. The highest BCUT2D eigenvalue weighted by Crippen LogP contribution is 2.16. The van der Waals surface area contributed by atoms with E-state index in [1.807, 2.05) is 6.92 Å². The van der Waals surface area contributed by atoms with Crippen LogP contribution < -0.4 is 0 Å². The smallest absolute Gasteiger partial charge is 0.264 e. The lowest BCUT2D eigenvalue weighted by molar-refractivity contribution is 0.210. The molecule has 0 aromatic carbocycles. The molecule has 0 saturated heterocycles. The summed E-state index contributed by atoms with van der Waals surface area (Å²) in [6.07, 6.45) is 10.6. The van der Waals surface area contributed by atoms with E-state index in [9.17, 15) is 8.42 Å². The summed E-state index contributed by atoms with van der Waals surface area (Å²) in [7, 11) is -4.27. The zero-order valence-corrected chi connectivity index (χ0v) is 12.5. The van der Waals surface area contributed by atoms with Crippen LogP contribution in [-0.4, -0.2) is 19.6 Å². The molecule has 0 aliphatic rings. The molecule has 0 aromatic heterocycles. The molecule has 0 bridgehead atoms. The van der Waals surface area contributed by atoms with Crippen molar-refractivity contribution < 1.29 is 17.2 Å². The van der Waals surface area contributed by atoms with Gasteiger partial charge >= 0.3 is 10.4 Å². The highest BCUT2D eigenvalue weighted by molar-refractivity contribution is 7.80. The Balaban J connectivity index is 3.50. The van der Waals surface area contributed by atoms with Gasteiger partial charge in [-0.3, -0.25) is 4.55 Å². The van der Waals surface area contributed by atoms with Gasteiger partial charge in [0.2, 0.25) is 0 Å². The highest BCUT2D eigenvalue weighted by Gasteiger charge is 2.11. The molecule has 18 heavy (non-hydrogen) atoms. The first-order valence-corrected chi connectivity index (χ1v) is 8.48. The molecule has 110 valence electrons. The van der Waals surface area contributed by atoms with Crippen LogP contribution in [0.4, 0.5) is 0 Å². The van der Waals surface area contributed by atoms with Crippen molar-refractivity contribution in [2.75, 3.05) is 6.61 Å². The summed E-state index contributed by atoms with van der Waals surface area (Å²) in [4.78, 5) is 0. The normalized spacial score (nSPS) is 13.7. The third-order valence-electron chi connectivity index (χ3n) is 3.25. The predicted octanol–water partition coefficient (Wildman–Crippen LogP) is 3.97. The summed E-state index contributed by atoms with van der Waals surface area (Å²) >= 11 is 0. The number of hydrogen-bond acceptors (Lipinski definition) is 3. The molecule has 0 fully saturated rings. The van der Waals surface area contributed by atoms with Crippen LogP contribution in [-0.2, 0) is 14.6 Å². The second kappa shape index (κ2) is 10.8. The standard InChI is InChI=1S/C13H28O4S/c1-3-5-6-7-8-9-10-11-13(4-2)12-17-18(14,15)16/h13H,3-12H2,1-2H3,(H,14,15,16)/t13-/m0/s1. The molecular weight excluding hydrogens is 252 g/mol. The van der Waals surface area contributed by atoms with E-state index in [2.05, 4.69) is 11.1 Å². The summed E-state index contributed by atoms with van der Waals surface area (Å²) in [5.41, 5.74) is 0. The summed E-state index contributed by atoms with van der Waals surface area (Å²) in [5.74, 6) is 0.225. The molecule has 0 saturated carbocycles. The number of rotatable bonds is 12. The monoisotopic (exact) mass is 280 g/mol. The fourth-order valence-corrected chi connectivity index (χ4v) is 2.34. The van der Waals surface area contributed by atoms with E-state index >= 15 is 0 Å². The zero-order chi connectivity index (χ0) is 13.9. The summed E-state index contributed by atoms with van der Waals surface area (Å²) < 4.78 is 33.8. The maximum Gasteiger partial charge on any atom is 0.397 e. The second-order valence-electron chi connectivity index (χ2n) is 4.90. The van der Waals surface area contributed by atoms with Crippen LogP contribution in [0.1, 0.15) is 71.6 Å². The van der Waals surface area contributed by atoms with Gasteiger partial charge in [0.1, 0.15) is 0 Å². The van der Waals surface area contributed by atoms with Crippen LogP contribution in [0.2, 0.25) is 0 Å². The Morgan fingerprint density at radius 3 is 2.06 bits per heavy atom. The second-order valence-corrected chi connectivity index (χ2v) is 5.99. The van der Waals surface area contributed by atoms with Crippen molar-refractivity contribution >= 4 is 10.4 Å². The predicted molar refractivity (Wildman–Crippen MR) is 73.9 cm³/mol. The summed E-state index contributed by atoms with van der Waals surface area (Å²) in [6, 6.07) is 0. The molecule has 0 rings (SSSR count). The van der Waals surface area contributed by atoms with E-state index in [0.717, 1.165) is 19.3 Å². The van der Waals surface area contributed by atoms with Gasteiger partial charge in [0.05, 0.1) is 6.61 Å². The molecule has 1 N–H and O–H groups in total. The minimum atomic E-state index is -4.27. The van der Waals surface area contributed by atoms with E-state index in [1.54, 1.807) is 0 Å². The van der Waals surface area contributed by atoms with Crippen LogP contribution in [0.25, 0.3) is 0 Å². The van der Waals surface area contributed by atoms with E-state index in [4.69, 9.17) is 4.55 Å². The third-order valence-corrected chi connectivity index (χ3v) is 3.68. The molecule has 0 radical (unpaired) electrons. The fourth-order valence-electron chi connectivity index (χ4n) is 1.98. The average Bonchev–Trinajstić information content (AvgIpc) is 2.30. The van der Waals surface area contributed by atoms with Gasteiger partial charge in [-0.2, -0.15) is 8.42 Å². The maximum absolute atomic E-state index is 10.5. The Morgan fingerprint density at radius 1 is 1.00 bits per heavy atom. The highest BCUT2D eigenvalue weighted by atomic mass is 32.3. The van der Waals surface area contributed by atoms with Crippen LogP contribution in [0, 0.1) is 5.92 Å². The van der Waals surface area contributed by atoms with Crippen molar-refractivity contribution in [3.05, 3.63) is 0 Å². The van der Waals surface area contributed by atoms with Gasteiger partial charge in [-0.05, 0) is 12.3 Å². The Morgan fingerprint density at radius 2 is 1.56 bits per heavy atom. The third kappa shape index (κ3) is 12.3. The van der Waals surface area contributed by atoms with Crippen LogP contribution in [0.5, 0.6) is 0 Å². The molecule has 0 heterocycles. The molecule has 0 aliphatic carbocycles. The quantitative estimate of drug-likeness (QED) is 0.434. The van der Waals surface area contributed by atoms with Gasteiger partial charge < -0.3 is 0 Å². The molecule has 5 heteroatoms. The topological polar surface area (TPSA) is 63.6 Å². The Kier molecular flexibility index (Phi) is 10.7. The molecular formula is C13H28O4S. The van der Waals surface area contributed by atoms with Crippen molar-refractivity contribution in [1.29, 1.82) is 0 Å². The van der Waals surface area contributed by atoms with E-state index < -0.39 is 10.4 Å². The van der Waals surface area contributed by atoms with Crippen molar-refractivity contribution in [1.82, 2.24) is 0 Å². The Hall–Kier alpha value is -0.130. The minimum Gasteiger partial charge on any atom is -0.264 e. The van der Waals surface area contributed by atoms with Crippen molar-refractivity contribution in [2.24, 2.45) is 5.92 Å². The molecule has 0 aromatic rings. The number of hydrogen-bond donors (Lipinski definition) is 1. The van der Waals surface area contributed by atoms with Gasteiger partial charge in [-0.25, -0.2) is 4.18 Å². The molecule has 0 aliphatic heterocycles. The lowest BCUT2D eigenvalue weighted by atomic mass is 9.99. The minimum absolute atomic E-state index is 0.102. The maximum atomic E-state index is 10.5. The van der Waals surface area contributed by atoms with E-state index in [1.165, 1.54) is 38.5 Å². The SMILES string of the molecule is CCCCCCCCC[C@H](CC)COS(=O)(=O)O. The first-order valence-electron chi connectivity index (χ1n) is 7.11. The van der Waals surface area contributed by atoms with Crippen LogP contribution in [0.3, 0.4) is 0 Å². The largest absolute Gasteiger partial charge is 0.397 e. The lowest BCUT2D eigenvalue weighted by Crippen LogP contribution is -2.13. The summed E-state index contributed by atoms with van der Waals surface area (Å²) in [6.45, 7) is 4.32. The molecule has 0 spiro atoms. The lowest BCUT2D eigenvalue weighted by Gasteiger charge is -2.13. The first-order chi connectivity index (χ1) is 8.49. The van der Waals surface area contributed by atoms with Crippen molar-refractivity contribution in [3.63, 3.8) is 0 Å². The van der Waals surface area contributed by atoms with Gasteiger partial charge in [0.15, 0.2) is 0 Å². The first kappa shape index (κ1) is 17.9. The van der Waals surface area contributed by atoms with E-state index in [0.29, 0.717) is 0 Å². The van der Waals surface area contributed by atoms with Crippen LogP contribution >= 0.6 is 0 Å². The van der Waals surface area contributed by atoms with Crippen LogP contribution in [0.15, 0.2) is 0 Å². The van der Waals surface area contributed by atoms with Gasteiger partial charge in [-0.15, -0.1) is 0 Å².